The Morgan fingerprint density at radius 1 is 1.21 bits per heavy atom. The summed E-state index contributed by atoms with van der Waals surface area (Å²) < 4.78 is 16.4. The number of carbonyl (C=O) groups is 2. The lowest BCUT2D eigenvalue weighted by atomic mass is 9.96. The summed E-state index contributed by atoms with van der Waals surface area (Å²) in [6.07, 6.45) is -0.139. The van der Waals surface area contributed by atoms with Gasteiger partial charge in [0.15, 0.2) is 5.69 Å². The van der Waals surface area contributed by atoms with Crippen LogP contribution >= 0.6 is 11.3 Å². The van der Waals surface area contributed by atoms with Gasteiger partial charge in [-0.2, -0.15) is 0 Å². The highest BCUT2D eigenvalue weighted by Crippen LogP contribution is 2.30. The van der Waals surface area contributed by atoms with Gasteiger partial charge in [-0.1, -0.05) is 13.8 Å². The first-order valence-electron chi connectivity index (χ1n) is 9.70. The Bertz CT molecular complexity index is 639. The van der Waals surface area contributed by atoms with E-state index in [1.807, 2.05) is 27.7 Å². The van der Waals surface area contributed by atoms with E-state index >= 15 is 0 Å². The fraction of sp³-hybridized carbons (Fsp3) is 0.750. The molecule has 1 heterocycles. The molecule has 7 nitrogen and oxygen atoms in total. The van der Waals surface area contributed by atoms with Crippen molar-refractivity contribution in [2.45, 2.75) is 72.6 Å². The third-order valence-electron chi connectivity index (χ3n) is 4.05. The van der Waals surface area contributed by atoms with Gasteiger partial charge in [-0.3, -0.25) is 0 Å². The number of aromatic nitrogens is 1. The van der Waals surface area contributed by atoms with Gasteiger partial charge in [-0.05, 0) is 40.5 Å². The van der Waals surface area contributed by atoms with Crippen molar-refractivity contribution in [3.63, 3.8) is 0 Å². The highest BCUT2D eigenvalue weighted by Gasteiger charge is 2.31. The van der Waals surface area contributed by atoms with Gasteiger partial charge in [0.05, 0.1) is 6.61 Å². The van der Waals surface area contributed by atoms with E-state index in [0.717, 1.165) is 0 Å². The Labute approximate surface area is 172 Å². The van der Waals surface area contributed by atoms with Crippen molar-refractivity contribution < 1.29 is 23.8 Å². The summed E-state index contributed by atoms with van der Waals surface area (Å²) in [5.41, 5.74) is -0.274. The maximum atomic E-state index is 12.5. The molecule has 8 heteroatoms. The summed E-state index contributed by atoms with van der Waals surface area (Å²) in [7, 11) is 1.74. The molecule has 0 aliphatic rings. The van der Waals surface area contributed by atoms with Crippen LogP contribution in [0.5, 0.6) is 0 Å². The quantitative estimate of drug-likeness (QED) is 0.546. The maximum Gasteiger partial charge on any atom is 0.410 e. The summed E-state index contributed by atoms with van der Waals surface area (Å²) in [6, 6.07) is -0.110. The molecule has 0 radical (unpaired) electrons. The lowest BCUT2D eigenvalue weighted by molar-refractivity contribution is -0.000900. The highest BCUT2D eigenvalue weighted by atomic mass is 32.1. The summed E-state index contributed by atoms with van der Waals surface area (Å²) in [6.45, 7) is 14.1. The Hall–Kier alpha value is -1.67. The van der Waals surface area contributed by atoms with E-state index in [0.29, 0.717) is 24.6 Å². The van der Waals surface area contributed by atoms with Gasteiger partial charge >= 0.3 is 12.1 Å². The predicted octanol–water partition coefficient (Wildman–Crippen LogP) is 4.68. The van der Waals surface area contributed by atoms with E-state index in [1.165, 1.54) is 11.3 Å². The van der Waals surface area contributed by atoms with E-state index in [1.54, 1.807) is 24.3 Å². The molecule has 0 aromatic carbocycles. The number of amides is 1. The second-order valence-electron chi connectivity index (χ2n) is 7.87. The Morgan fingerprint density at radius 3 is 2.36 bits per heavy atom. The fourth-order valence-corrected chi connectivity index (χ4v) is 3.59. The summed E-state index contributed by atoms with van der Waals surface area (Å²) >= 11 is 1.36. The average molecular weight is 415 g/mol. The van der Waals surface area contributed by atoms with Gasteiger partial charge in [-0.15, -0.1) is 11.3 Å². The smallest absolute Gasteiger partial charge is 0.410 e. The molecule has 0 N–H and O–H groups in total. The molecule has 1 unspecified atom stereocenters. The van der Waals surface area contributed by atoms with Crippen LogP contribution in [0.2, 0.25) is 0 Å². The van der Waals surface area contributed by atoms with Crippen LogP contribution in [0, 0.1) is 5.92 Å². The molecule has 0 aliphatic heterocycles. The van der Waals surface area contributed by atoms with Gasteiger partial charge in [0.2, 0.25) is 0 Å². The monoisotopic (exact) mass is 414 g/mol. The zero-order valence-corrected chi connectivity index (χ0v) is 19.1. The topological polar surface area (TPSA) is 78.0 Å². The largest absolute Gasteiger partial charge is 0.461 e. The lowest BCUT2D eigenvalue weighted by Gasteiger charge is -2.34. The summed E-state index contributed by atoms with van der Waals surface area (Å²) in [4.78, 5) is 30.5. The number of esters is 1. The van der Waals surface area contributed by atoms with Gasteiger partial charge in [0.1, 0.15) is 16.7 Å². The number of thiazole rings is 1. The Kier molecular flexibility index (Phi) is 9.36. The van der Waals surface area contributed by atoms with Crippen molar-refractivity contribution in [3.8, 4) is 0 Å². The number of hydrogen-bond donors (Lipinski definition) is 0. The van der Waals surface area contributed by atoms with Crippen LogP contribution in [0.25, 0.3) is 0 Å². The third kappa shape index (κ3) is 7.39. The van der Waals surface area contributed by atoms with E-state index in [2.05, 4.69) is 18.8 Å². The molecule has 28 heavy (non-hydrogen) atoms. The molecular formula is C20H34N2O5S. The lowest BCUT2D eigenvalue weighted by Crippen LogP contribution is -2.44. The molecule has 1 aromatic heterocycles. The first-order valence-corrected chi connectivity index (χ1v) is 10.6. The molecule has 1 aromatic rings. The van der Waals surface area contributed by atoms with Crippen LogP contribution in [0.1, 0.15) is 76.5 Å². The number of hydrogen-bond acceptors (Lipinski definition) is 7. The van der Waals surface area contributed by atoms with Crippen molar-refractivity contribution in [1.29, 1.82) is 0 Å². The molecule has 1 amide bonds. The normalized spacial score (nSPS) is 13.9. The summed E-state index contributed by atoms with van der Waals surface area (Å²) in [5.74, 6) is -0.253. The molecule has 0 saturated carbocycles. The molecule has 2 atom stereocenters. The van der Waals surface area contributed by atoms with Gasteiger partial charge in [0, 0.05) is 31.5 Å². The second kappa shape index (κ2) is 10.8. The number of ether oxygens (including phenoxy) is 3. The SMILES string of the molecule is CCOC(=O)c1csc([C@H](CC(C(C)C)N(C)C(=O)OC(C)(C)C)OCC)n1. The van der Waals surface area contributed by atoms with E-state index in [9.17, 15) is 9.59 Å². The summed E-state index contributed by atoms with van der Waals surface area (Å²) in [5, 5.41) is 2.38. The van der Waals surface area contributed by atoms with Crippen molar-refractivity contribution in [2.24, 2.45) is 5.92 Å². The Balaban J connectivity index is 2.99. The number of rotatable bonds is 9. The van der Waals surface area contributed by atoms with E-state index in [-0.39, 0.29) is 29.9 Å². The van der Waals surface area contributed by atoms with Gasteiger partial charge < -0.3 is 19.1 Å². The van der Waals surface area contributed by atoms with Crippen molar-refractivity contribution >= 4 is 23.4 Å². The Morgan fingerprint density at radius 2 is 1.86 bits per heavy atom. The van der Waals surface area contributed by atoms with Crippen LogP contribution in [-0.2, 0) is 14.2 Å². The maximum absolute atomic E-state index is 12.5. The zero-order chi connectivity index (χ0) is 21.5. The third-order valence-corrected chi connectivity index (χ3v) is 4.99. The molecular weight excluding hydrogens is 380 g/mol. The average Bonchev–Trinajstić information content (AvgIpc) is 3.06. The predicted molar refractivity (Wildman–Crippen MR) is 110 cm³/mol. The minimum Gasteiger partial charge on any atom is -0.461 e. The molecule has 160 valence electrons. The van der Waals surface area contributed by atoms with Crippen LogP contribution in [0.3, 0.4) is 0 Å². The molecule has 0 spiro atoms. The van der Waals surface area contributed by atoms with E-state index in [4.69, 9.17) is 14.2 Å². The van der Waals surface area contributed by atoms with Gasteiger partial charge in [-0.25, -0.2) is 14.6 Å². The fourth-order valence-electron chi connectivity index (χ4n) is 2.74. The van der Waals surface area contributed by atoms with Crippen LogP contribution in [0.15, 0.2) is 5.38 Å². The number of carbonyl (C=O) groups excluding carboxylic acids is 2. The minimum atomic E-state index is -0.559. The van der Waals surface area contributed by atoms with Crippen molar-refractivity contribution in [1.82, 2.24) is 9.88 Å². The number of nitrogens with zero attached hydrogens (tertiary/aromatic N) is 2. The van der Waals surface area contributed by atoms with Crippen molar-refractivity contribution in [2.75, 3.05) is 20.3 Å². The van der Waals surface area contributed by atoms with Crippen LogP contribution < -0.4 is 0 Å². The van der Waals surface area contributed by atoms with Crippen molar-refractivity contribution in [3.05, 3.63) is 16.1 Å². The molecule has 0 aliphatic carbocycles. The van der Waals surface area contributed by atoms with E-state index < -0.39 is 11.6 Å². The van der Waals surface area contributed by atoms with Gasteiger partial charge in [0.25, 0.3) is 0 Å². The molecule has 0 fully saturated rings. The van der Waals surface area contributed by atoms with Crippen LogP contribution in [-0.4, -0.2) is 53.9 Å². The molecule has 0 saturated heterocycles. The first kappa shape index (κ1) is 24.4. The highest BCUT2D eigenvalue weighted by molar-refractivity contribution is 7.09. The zero-order valence-electron chi connectivity index (χ0n) is 18.3. The molecule has 1 rings (SSSR count). The standard InChI is InChI=1S/C20H34N2O5S/c1-9-25-16(17-21-14(12-28-17)18(23)26-10-2)11-15(13(3)4)22(8)19(24)27-20(5,6)7/h12-13,15-16H,9-11H2,1-8H3/t15?,16-/m0/s1. The molecule has 0 bridgehead atoms. The second-order valence-corrected chi connectivity index (χ2v) is 8.76. The minimum absolute atomic E-state index is 0.110. The first-order chi connectivity index (χ1) is 13.0. The van der Waals surface area contributed by atoms with Crippen LogP contribution in [0.4, 0.5) is 4.79 Å².